The summed E-state index contributed by atoms with van der Waals surface area (Å²) in [6, 6.07) is 29.6. The maximum atomic E-state index is 4.91. The van der Waals surface area contributed by atoms with E-state index in [4.69, 9.17) is 9.97 Å². The van der Waals surface area contributed by atoms with Crippen molar-refractivity contribution < 1.29 is 0 Å². The summed E-state index contributed by atoms with van der Waals surface area (Å²) in [6.45, 7) is 2.05. The molecule has 0 saturated carbocycles. The lowest BCUT2D eigenvalue weighted by Crippen LogP contribution is -2.03. The van der Waals surface area contributed by atoms with E-state index in [0.717, 1.165) is 33.6 Å². The molecule has 0 N–H and O–H groups in total. The minimum Gasteiger partial charge on any atom is -0.278 e. The van der Waals surface area contributed by atoms with Crippen LogP contribution in [-0.2, 0) is 0 Å². The first-order valence-corrected chi connectivity index (χ1v) is 9.46. The van der Waals surface area contributed by atoms with Crippen LogP contribution < -0.4 is 0 Å². The summed E-state index contributed by atoms with van der Waals surface area (Å²) >= 11 is 0. The monoisotopic (exact) mass is 359 g/mol. The molecule has 6 rings (SSSR count). The third kappa shape index (κ3) is 2.04. The Kier molecular flexibility index (Phi) is 3.09. The predicted octanol–water partition coefficient (Wildman–Crippen LogP) is 6.19. The Morgan fingerprint density at radius 3 is 2.21 bits per heavy atom. The maximum absolute atomic E-state index is 4.91. The minimum absolute atomic E-state index is 0.720. The molecule has 0 amide bonds. The summed E-state index contributed by atoms with van der Waals surface area (Å²) in [5.41, 5.74) is 4.22. The van der Waals surface area contributed by atoms with Gasteiger partial charge in [-0.3, -0.25) is 4.57 Å². The largest absolute Gasteiger partial charge is 0.278 e. The van der Waals surface area contributed by atoms with Crippen LogP contribution in [0.1, 0.15) is 5.69 Å². The molecule has 0 aliphatic heterocycles. The number of para-hydroxylation sites is 2. The van der Waals surface area contributed by atoms with Crippen molar-refractivity contribution in [1.29, 1.82) is 0 Å². The van der Waals surface area contributed by atoms with E-state index < -0.39 is 0 Å². The molecular weight excluding hydrogens is 342 g/mol. The molecule has 2 aromatic heterocycles. The Bertz CT molecular complexity index is 1530. The van der Waals surface area contributed by atoms with Crippen molar-refractivity contribution in [2.24, 2.45) is 0 Å². The quantitative estimate of drug-likeness (QED) is 0.350. The molecule has 0 radical (unpaired) electrons. The van der Waals surface area contributed by atoms with Gasteiger partial charge in [0, 0.05) is 16.2 Å². The average Bonchev–Trinajstić information content (AvgIpc) is 3.08. The number of nitrogens with zero attached hydrogens (tertiary/aromatic N) is 3. The van der Waals surface area contributed by atoms with Crippen LogP contribution in [0.25, 0.3) is 49.4 Å². The van der Waals surface area contributed by atoms with Crippen molar-refractivity contribution in [2.45, 2.75) is 6.92 Å². The van der Waals surface area contributed by atoms with Gasteiger partial charge < -0.3 is 0 Å². The zero-order chi connectivity index (χ0) is 18.7. The van der Waals surface area contributed by atoms with E-state index in [1.54, 1.807) is 0 Å². The van der Waals surface area contributed by atoms with Gasteiger partial charge in [-0.1, -0.05) is 66.7 Å². The molecule has 0 bridgehead atoms. The molecule has 0 aliphatic carbocycles. The summed E-state index contributed by atoms with van der Waals surface area (Å²) < 4.78 is 2.19. The zero-order valence-electron chi connectivity index (χ0n) is 15.4. The van der Waals surface area contributed by atoms with Crippen LogP contribution in [0, 0.1) is 6.92 Å². The fourth-order valence-electron chi connectivity index (χ4n) is 4.27. The topological polar surface area (TPSA) is 30.7 Å². The summed E-state index contributed by atoms with van der Waals surface area (Å²) in [7, 11) is 0. The highest BCUT2D eigenvalue weighted by molar-refractivity contribution is 6.21. The van der Waals surface area contributed by atoms with Crippen molar-refractivity contribution in [3.8, 4) is 5.95 Å². The Morgan fingerprint density at radius 2 is 1.32 bits per heavy atom. The van der Waals surface area contributed by atoms with E-state index in [-0.39, 0.29) is 0 Å². The Hall–Kier alpha value is -3.72. The molecule has 0 fully saturated rings. The fourth-order valence-corrected chi connectivity index (χ4v) is 4.27. The Balaban J connectivity index is 1.82. The lowest BCUT2D eigenvalue weighted by atomic mass is 10.0. The second-order valence-electron chi connectivity index (χ2n) is 7.16. The zero-order valence-corrected chi connectivity index (χ0v) is 15.4. The van der Waals surface area contributed by atoms with Gasteiger partial charge in [0.1, 0.15) is 0 Å². The summed E-state index contributed by atoms with van der Waals surface area (Å²) in [6.07, 6.45) is 0. The van der Waals surface area contributed by atoms with Gasteiger partial charge in [-0.05, 0) is 35.9 Å². The summed E-state index contributed by atoms with van der Waals surface area (Å²) in [5.74, 6) is 0.720. The predicted molar refractivity (Wildman–Crippen MR) is 116 cm³/mol. The number of fused-ring (bicyclic) bond motifs is 6. The Morgan fingerprint density at radius 1 is 0.607 bits per heavy atom. The fraction of sp³-hybridized carbons (Fsp3) is 0.0400. The Labute approximate surface area is 161 Å². The molecule has 6 aromatic rings. The SMILES string of the molecule is Cc1nc(-n2c3ccccc3c3c4ccccc4ccc32)nc2ccccc12. The first-order valence-electron chi connectivity index (χ1n) is 9.46. The van der Waals surface area contributed by atoms with Gasteiger partial charge in [0.25, 0.3) is 0 Å². The minimum atomic E-state index is 0.720. The highest BCUT2D eigenvalue weighted by atomic mass is 15.2. The molecule has 4 aromatic carbocycles. The smallest absolute Gasteiger partial charge is 0.235 e. The van der Waals surface area contributed by atoms with Gasteiger partial charge in [-0.25, -0.2) is 9.97 Å². The number of aromatic nitrogens is 3. The van der Waals surface area contributed by atoms with E-state index in [9.17, 15) is 0 Å². The van der Waals surface area contributed by atoms with Crippen LogP contribution in [0.3, 0.4) is 0 Å². The number of hydrogen-bond donors (Lipinski definition) is 0. The van der Waals surface area contributed by atoms with Crippen molar-refractivity contribution in [3.63, 3.8) is 0 Å². The van der Waals surface area contributed by atoms with E-state index >= 15 is 0 Å². The lowest BCUT2D eigenvalue weighted by Gasteiger charge is -2.09. The van der Waals surface area contributed by atoms with Gasteiger partial charge >= 0.3 is 0 Å². The van der Waals surface area contributed by atoms with Crippen LogP contribution in [0.2, 0.25) is 0 Å². The van der Waals surface area contributed by atoms with E-state index in [1.165, 1.54) is 21.5 Å². The van der Waals surface area contributed by atoms with Crippen LogP contribution in [-0.4, -0.2) is 14.5 Å². The standard InChI is InChI=1S/C25H17N3/c1-16-18-9-4-6-12-21(18)27-25(26-16)28-22-13-7-5-11-20(22)24-19-10-3-2-8-17(19)14-15-23(24)28/h2-15H,1H3. The number of aryl methyl sites for hydroxylation is 1. The van der Waals surface area contributed by atoms with Gasteiger partial charge in [0.05, 0.1) is 22.2 Å². The van der Waals surface area contributed by atoms with Crippen LogP contribution in [0.15, 0.2) is 84.9 Å². The number of hydrogen-bond acceptors (Lipinski definition) is 2. The van der Waals surface area contributed by atoms with Crippen molar-refractivity contribution in [1.82, 2.24) is 14.5 Å². The molecular formula is C25H17N3. The second kappa shape index (κ2) is 5.64. The lowest BCUT2D eigenvalue weighted by molar-refractivity contribution is 0.989. The summed E-state index contributed by atoms with van der Waals surface area (Å²) in [5, 5.41) is 6.07. The molecule has 0 saturated heterocycles. The molecule has 0 atom stereocenters. The molecule has 0 unspecified atom stereocenters. The van der Waals surface area contributed by atoms with Gasteiger partial charge in [0.2, 0.25) is 5.95 Å². The van der Waals surface area contributed by atoms with Gasteiger partial charge in [-0.2, -0.15) is 0 Å². The molecule has 2 heterocycles. The molecule has 132 valence electrons. The van der Waals surface area contributed by atoms with Crippen molar-refractivity contribution in [2.75, 3.05) is 0 Å². The van der Waals surface area contributed by atoms with Crippen molar-refractivity contribution in [3.05, 3.63) is 90.6 Å². The van der Waals surface area contributed by atoms with Gasteiger partial charge in [-0.15, -0.1) is 0 Å². The van der Waals surface area contributed by atoms with Crippen LogP contribution in [0.5, 0.6) is 0 Å². The third-order valence-electron chi connectivity index (χ3n) is 5.54. The van der Waals surface area contributed by atoms with Crippen LogP contribution >= 0.6 is 0 Å². The first-order chi connectivity index (χ1) is 13.8. The molecule has 0 aliphatic rings. The van der Waals surface area contributed by atoms with E-state index in [0.29, 0.717) is 0 Å². The highest BCUT2D eigenvalue weighted by Gasteiger charge is 2.16. The maximum Gasteiger partial charge on any atom is 0.235 e. The highest BCUT2D eigenvalue weighted by Crippen LogP contribution is 2.36. The second-order valence-corrected chi connectivity index (χ2v) is 7.16. The molecule has 3 heteroatoms. The molecule has 0 spiro atoms. The number of rotatable bonds is 1. The molecule has 28 heavy (non-hydrogen) atoms. The van der Waals surface area contributed by atoms with E-state index in [2.05, 4.69) is 84.3 Å². The average molecular weight is 359 g/mol. The summed E-state index contributed by atoms with van der Waals surface area (Å²) in [4.78, 5) is 9.79. The first kappa shape index (κ1) is 15.3. The number of benzene rings is 4. The van der Waals surface area contributed by atoms with Crippen molar-refractivity contribution >= 4 is 43.5 Å². The third-order valence-corrected chi connectivity index (χ3v) is 5.54. The van der Waals surface area contributed by atoms with Crippen LogP contribution in [0.4, 0.5) is 0 Å². The molecule has 3 nitrogen and oxygen atoms in total. The normalized spacial score (nSPS) is 11.8. The van der Waals surface area contributed by atoms with E-state index in [1.807, 2.05) is 12.1 Å². The van der Waals surface area contributed by atoms with Gasteiger partial charge in [0.15, 0.2) is 0 Å².